The van der Waals surface area contributed by atoms with Crippen molar-refractivity contribution in [2.24, 2.45) is 0 Å². The van der Waals surface area contributed by atoms with Crippen LogP contribution in [0.1, 0.15) is 13.3 Å². The average Bonchev–Trinajstić information content (AvgIpc) is 2.92. The fraction of sp³-hybridized carbons (Fsp3) is 0.167. The second kappa shape index (κ2) is 12.3. The van der Waals surface area contributed by atoms with Crippen molar-refractivity contribution in [3.05, 3.63) is 109 Å². The van der Waals surface area contributed by atoms with Gasteiger partial charge in [-0.15, -0.1) is 0 Å². The van der Waals surface area contributed by atoms with Crippen molar-refractivity contribution in [3.63, 3.8) is 0 Å². The Morgan fingerprint density at radius 1 is 0.686 bits per heavy atom. The van der Waals surface area contributed by atoms with Crippen LogP contribution in [-0.2, 0) is 4.79 Å². The minimum atomic E-state index is -0.632. The van der Waals surface area contributed by atoms with Crippen LogP contribution in [0.15, 0.2) is 109 Å². The SMILES string of the molecule is CCC(Oc1ccc(-c2ccccc2)cc1)C(=O)Nc1ccccc1OCCOc1ccccc1. The van der Waals surface area contributed by atoms with Crippen LogP contribution in [0, 0.1) is 0 Å². The Kier molecular flexibility index (Phi) is 8.38. The van der Waals surface area contributed by atoms with Gasteiger partial charge in [-0.05, 0) is 53.9 Å². The maximum absolute atomic E-state index is 13.0. The zero-order chi connectivity index (χ0) is 24.3. The fourth-order valence-electron chi connectivity index (χ4n) is 3.58. The number of rotatable bonds is 11. The Morgan fingerprint density at radius 3 is 2.00 bits per heavy atom. The second-order valence-corrected chi connectivity index (χ2v) is 7.90. The molecule has 0 aliphatic rings. The summed E-state index contributed by atoms with van der Waals surface area (Å²) >= 11 is 0. The van der Waals surface area contributed by atoms with Crippen LogP contribution in [0.2, 0.25) is 0 Å². The average molecular weight is 468 g/mol. The van der Waals surface area contributed by atoms with Crippen molar-refractivity contribution in [1.29, 1.82) is 0 Å². The molecule has 4 aromatic rings. The molecule has 0 aromatic heterocycles. The van der Waals surface area contributed by atoms with Crippen molar-refractivity contribution >= 4 is 11.6 Å². The Balaban J connectivity index is 1.33. The summed E-state index contributed by atoms with van der Waals surface area (Å²) in [4.78, 5) is 13.0. The van der Waals surface area contributed by atoms with E-state index in [2.05, 4.69) is 17.4 Å². The summed E-state index contributed by atoms with van der Waals surface area (Å²) in [5.41, 5.74) is 2.83. The number of carbonyl (C=O) groups is 1. The summed E-state index contributed by atoms with van der Waals surface area (Å²) in [7, 11) is 0. The van der Waals surface area contributed by atoms with E-state index >= 15 is 0 Å². The summed E-state index contributed by atoms with van der Waals surface area (Å²) in [5.74, 6) is 1.79. The highest BCUT2D eigenvalue weighted by Gasteiger charge is 2.20. The van der Waals surface area contributed by atoms with Gasteiger partial charge in [-0.1, -0.05) is 79.7 Å². The molecule has 1 amide bonds. The summed E-state index contributed by atoms with van der Waals surface area (Å²) in [5, 5.41) is 2.95. The van der Waals surface area contributed by atoms with Gasteiger partial charge in [0.05, 0.1) is 5.69 Å². The Labute approximate surface area is 206 Å². The van der Waals surface area contributed by atoms with Gasteiger partial charge in [-0.3, -0.25) is 4.79 Å². The Morgan fingerprint density at radius 2 is 1.29 bits per heavy atom. The number of carbonyl (C=O) groups excluding carboxylic acids is 1. The summed E-state index contributed by atoms with van der Waals surface area (Å²) in [6, 6.07) is 34.8. The zero-order valence-corrected chi connectivity index (χ0v) is 19.7. The van der Waals surface area contributed by atoms with Gasteiger partial charge in [0.25, 0.3) is 5.91 Å². The Bertz CT molecular complexity index is 1190. The molecule has 0 spiro atoms. The number of nitrogens with one attached hydrogen (secondary N) is 1. The molecule has 0 heterocycles. The van der Waals surface area contributed by atoms with Crippen LogP contribution >= 0.6 is 0 Å². The summed E-state index contributed by atoms with van der Waals surface area (Å²) in [6.07, 6.45) is -0.104. The molecule has 0 radical (unpaired) electrons. The highest BCUT2D eigenvalue weighted by molar-refractivity contribution is 5.95. The molecule has 0 aliphatic carbocycles. The second-order valence-electron chi connectivity index (χ2n) is 7.90. The minimum absolute atomic E-state index is 0.226. The number of anilines is 1. The number of hydrogen-bond donors (Lipinski definition) is 1. The minimum Gasteiger partial charge on any atom is -0.490 e. The fourth-order valence-corrected chi connectivity index (χ4v) is 3.58. The quantitative estimate of drug-likeness (QED) is 0.252. The molecular weight excluding hydrogens is 438 g/mol. The normalized spacial score (nSPS) is 11.3. The lowest BCUT2D eigenvalue weighted by Crippen LogP contribution is -2.32. The van der Waals surface area contributed by atoms with E-state index in [-0.39, 0.29) is 5.91 Å². The maximum Gasteiger partial charge on any atom is 0.265 e. The van der Waals surface area contributed by atoms with Crippen LogP contribution in [0.5, 0.6) is 17.2 Å². The molecule has 5 heteroatoms. The van der Waals surface area contributed by atoms with Crippen LogP contribution < -0.4 is 19.5 Å². The van der Waals surface area contributed by atoms with E-state index in [1.807, 2.05) is 104 Å². The topological polar surface area (TPSA) is 56.8 Å². The lowest BCUT2D eigenvalue weighted by atomic mass is 10.1. The van der Waals surface area contributed by atoms with Crippen LogP contribution in [0.4, 0.5) is 5.69 Å². The molecule has 0 saturated heterocycles. The van der Waals surface area contributed by atoms with E-state index in [4.69, 9.17) is 14.2 Å². The molecular formula is C30H29NO4. The van der Waals surface area contributed by atoms with Gasteiger partial charge >= 0.3 is 0 Å². The zero-order valence-electron chi connectivity index (χ0n) is 19.7. The van der Waals surface area contributed by atoms with Crippen LogP contribution in [-0.4, -0.2) is 25.2 Å². The molecule has 4 rings (SSSR count). The molecule has 35 heavy (non-hydrogen) atoms. The lowest BCUT2D eigenvalue weighted by molar-refractivity contribution is -0.122. The maximum atomic E-state index is 13.0. The van der Waals surface area contributed by atoms with Crippen LogP contribution in [0.25, 0.3) is 11.1 Å². The molecule has 0 aliphatic heterocycles. The van der Waals surface area contributed by atoms with E-state index in [0.717, 1.165) is 16.9 Å². The van der Waals surface area contributed by atoms with Gasteiger partial charge in [0, 0.05) is 0 Å². The first-order valence-corrected chi connectivity index (χ1v) is 11.8. The van der Waals surface area contributed by atoms with Gasteiger partial charge in [-0.2, -0.15) is 0 Å². The predicted octanol–water partition coefficient (Wildman–Crippen LogP) is 6.61. The Hall–Kier alpha value is -4.25. The third-order valence-corrected chi connectivity index (χ3v) is 5.40. The van der Waals surface area contributed by atoms with E-state index in [1.165, 1.54) is 0 Å². The third kappa shape index (κ3) is 6.87. The lowest BCUT2D eigenvalue weighted by Gasteiger charge is -2.19. The number of hydrogen-bond acceptors (Lipinski definition) is 4. The van der Waals surface area contributed by atoms with E-state index in [0.29, 0.717) is 36.8 Å². The van der Waals surface area contributed by atoms with Crippen molar-refractivity contribution < 1.29 is 19.0 Å². The van der Waals surface area contributed by atoms with Gasteiger partial charge in [-0.25, -0.2) is 0 Å². The van der Waals surface area contributed by atoms with Crippen molar-refractivity contribution in [3.8, 4) is 28.4 Å². The molecule has 4 aromatic carbocycles. The molecule has 1 atom stereocenters. The van der Waals surface area contributed by atoms with Gasteiger partial charge in [0.15, 0.2) is 6.10 Å². The molecule has 0 bridgehead atoms. The molecule has 1 unspecified atom stereocenters. The van der Waals surface area contributed by atoms with E-state index < -0.39 is 6.10 Å². The van der Waals surface area contributed by atoms with Gasteiger partial charge in [0.2, 0.25) is 0 Å². The highest BCUT2D eigenvalue weighted by atomic mass is 16.5. The van der Waals surface area contributed by atoms with Crippen molar-refractivity contribution in [2.75, 3.05) is 18.5 Å². The third-order valence-electron chi connectivity index (χ3n) is 5.40. The van der Waals surface area contributed by atoms with Crippen LogP contribution in [0.3, 0.4) is 0 Å². The number of amides is 1. The van der Waals surface area contributed by atoms with Gasteiger partial charge < -0.3 is 19.5 Å². The largest absolute Gasteiger partial charge is 0.490 e. The van der Waals surface area contributed by atoms with Crippen molar-refractivity contribution in [2.45, 2.75) is 19.4 Å². The van der Waals surface area contributed by atoms with E-state index in [9.17, 15) is 4.79 Å². The molecule has 5 nitrogen and oxygen atoms in total. The predicted molar refractivity (Wildman–Crippen MR) is 139 cm³/mol. The monoisotopic (exact) mass is 467 g/mol. The highest BCUT2D eigenvalue weighted by Crippen LogP contribution is 2.26. The molecule has 178 valence electrons. The van der Waals surface area contributed by atoms with Crippen molar-refractivity contribution in [1.82, 2.24) is 0 Å². The number of ether oxygens (including phenoxy) is 3. The van der Waals surface area contributed by atoms with Gasteiger partial charge in [0.1, 0.15) is 30.5 Å². The first-order chi connectivity index (χ1) is 17.2. The smallest absolute Gasteiger partial charge is 0.265 e. The van der Waals surface area contributed by atoms with E-state index in [1.54, 1.807) is 0 Å². The first kappa shape index (κ1) is 23.9. The first-order valence-electron chi connectivity index (χ1n) is 11.8. The standard InChI is InChI=1S/C30H29NO4/c1-2-28(35-26-19-17-24(18-20-26)23-11-5-3-6-12-23)30(32)31-27-15-9-10-16-29(27)34-22-21-33-25-13-7-4-8-14-25/h3-20,28H,2,21-22H2,1H3,(H,31,32). The molecule has 0 saturated carbocycles. The number of benzene rings is 4. The summed E-state index contributed by atoms with van der Waals surface area (Å²) in [6.45, 7) is 2.67. The molecule has 0 fully saturated rings. The number of para-hydroxylation sites is 3. The summed E-state index contributed by atoms with van der Waals surface area (Å²) < 4.78 is 17.5. The molecule has 1 N–H and O–H groups in total.